The van der Waals surface area contributed by atoms with E-state index < -0.39 is 17.7 Å². The van der Waals surface area contributed by atoms with Crippen LogP contribution in [0, 0.1) is 0 Å². The summed E-state index contributed by atoms with van der Waals surface area (Å²) in [4.78, 5) is 35.3. The first-order valence-electron chi connectivity index (χ1n) is 9.46. The van der Waals surface area contributed by atoms with Crippen molar-refractivity contribution < 1.29 is 24.5 Å². The number of ketones is 1. The number of aromatic nitrogens is 2. The standard InChI is InChI=1S/C23H19N3O5/c1-31-18-11-16(4-5-17(18)27)20-19(21(28)15-6-9-24-10-7-15)22(29)23(30)26(20)13-14-3-2-8-25-12-14/h2-12,20,27-28H,13H2,1H3/b21-19+. The maximum absolute atomic E-state index is 13.0. The normalized spacial score (nSPS) is 17.7. The highest BCUT2D eigenvalue weighted by Gasteiger charge is 2.46. The number of carbonyl (C=O) groups is 2. The van der Waals surface area contributed by atoms with Gasteiger partial charge in [-0.1, -0.05) is 12.1 Å². The number of likely N-dealkylation sites (tertiary alicyclic amines) is 1. The zero-order valence-electron chi connectivity index (χ0n) is 16.6. The minimum atomic E-state index is -0.886. The van der Waals surface area contributed by atoms with E-state index in [0.29, 0.717) is 11.1 Å². The van der Waals surface area contributed by atoms with Gasteiger partial charge in [0.15, 0.2) is 11.5 Å². The highest BCUT2D eigenvalue weighted by Crippen LogP contribution is 2.42. The van der Waals surface area contributed by atoms with Crippen LogP contribution >= 0.6 is 0 Å². The highest BCUT2D eigenvalue weighted by atomic mass is 16.5. The summed E-state index contributed by atoms with van der Waals surface area (Å²) in [5.74, 6) is -1.73. The predicted molar refractivity (Wildman–Crippen MR) is 111 cm³/mol. The molecule has 2 aromatic heterocycles. The number of nitrogens with zero attached hydrogens (tertiary/aromatic N) is 3. The van der Waals surface area contributed by atoms with Gasteiger partial charge in [0.05, 0.1) is 18.7 Å². The first kappa shape index (κ1) is 20.1. The summed E-state index contributed by atoms with van der Waals surface area (Å²) in [7, 11) is 1.41. The monoisotopic (exact) mass is 417 g/mol. The number of pyridine rings is 2. The van der Waals surface area contributed by atoms with Crippen molar-refractivity contribution in [2.24, 2.45) is 0 Å². The number of methoxy groups -OCH3 is 1. The van der Waals surface area contributed by atoms with E-state index in [1.165, 1.54) is 30.5 Å². The molecule has 0 saturated carbocycles. The Hall–Kier alpha value is -4.20. The summed E-state index contributed by atoms with van der Waals surface area (Å²) < 4.78 is 5.20. The second kappa shape index (κ2) is 8.27. The van der Waals surface area contributed by atoms with E-state index in [2.05, 4.69) is 9.97 Å². The van der Waals surface area contributed by atoms with E-state index in [1.807, 2.05) is 0 Å². The van der Waals surface area contributed by atoms with E-state index in [9.17, 15) is 19.8 Å². The molecule has 1 unspecified atom stereocenters. The van der Waals surface area contributed by atoms with Crippen LogP contribution in [0.5, 0.6) is 11.5 Å². The number of carbonyl (C=O) groups excluding carboxylic acids is 2. The third kappa shape index (κ3) is 3.71. The first-order valence-corrected chi connectivity index (χ1v) is 9.46. The van der Waals surface area contributed by atoms with Crippen molar-refractivity contribution in [3.63, 3.8) is 0 Å². The number of rotatable bonds is 5. The molecule has 31 heavy (non-hydrogen) atoms. The molecule has 3 aromatic rings. The fraction of sp³-hybridized carbons (Fsp3) is 0.130. The number of aliphatic hydroxyl groups is 1. The summed E-state index contributed by atoms with van der Waals surface area (Å²) in [6, 6.07) is 10.3. The molecule has 1 fully saturated rings. The van der Waals surface area contributed by atoms with Crippen molar-refractivity contribution in [1.29, 1.82) is 0 Å². The molecule has 0 spiro atoms. The van der Waals surface area contributed by atoms with Crippen LogP contribution in [0.15, 0.2) is 72.8 Å². The topological polar surface area (TPSA) is 113 Å². The van der Waals surface area contributed by atoms with E-state index in [-0.39, 0.29) is 29.4 Å². The number of Topliss-reactive ketones (excluding diaryl/α,β-unsaturated/α-hetero) is 1. The van der Waals surface area contributed by atoms with Crippen LogP contribution in [0.2, 0.25) is 0 Å². The number of aliphatic hydroxyl groups excluding tert-OH is 1. The second-order valence-corrected chi connectivity index (χ2v) is 6.96. The molecule has 0 aliphatic carbocycles. The molecule has 0 bridgehead atoms. The van der Waals surface area contributed by atoms with Gasteiger partial charge in [-0.2, -0.15) is 0 Å². The second-order valence-electron chi connectivity index (χ2n) is 6.96. The first-order chi connectivity index (χ1) is 15.0. The smallest absolute Gasteiger partial charge is 0.295 e. The third-order valence-corrected chi connectivity index (χ3v) is 5.09. The van der Waals surface area contributed by atoms with Gasteiger partial charge in [-0.05, 0) is 41.5 Å². The van der Waals surface area contributed by atoms with E-state index >= 15 is 0 Å². The number of ether oxygens (including phenoxy) is 1. The average molecular weight is 417 g/mol. The van der Waals surface area contributed by atoms with E-state index in [4.69, 9.17) is 4.74 Å². The molecule has 1 aliphatic heterocycles. The molecule has 4 rings (SSSR count). The molecule has 8 nitrogen and oxygen atoms in total. The molecular weight excluding hydrogens is 398 g/mol. The lowest BCUT2D eigenvalue weighted by Gasteiger charge is -2.25. The summed E-state index contributed by atoms with van der Waals surface area (Å²) >= 11 is 0. The zero-order valence-corrected chi connectivity index (χ0v) is 16.6. The van der Waals surface area contributed by atoms with Crippen LogP contribution in [0.3, 0.4) is 0 Å². The fourth-order valence-electron chi connectivity index (χ4n) is 3.61. The minimum Gasteiger partial charge on any atom is -0.507 e. The van der Waals surface area contributed by atoms with Crippen molar-refractivity contribution in [1.82, 2.24) is 14.9 Å². The van der Waals surface area contributed by atoms with Gasteiger partial charge < -0.3 is 19.8 Å². The Balaban J connectivity index is 1.89. The van der Waals surface area contributed by atoms with Gasteiger partial charge in [0.25, 0.3) is 11.7 Å². The summed E-state index contributed by atoms with van der Waals surface area (Å²) in [5, 5.41) is 21.0. The van der Waals surface area contributed by atoms with Gasteiger partial charge >= 0.3 is 0 Å². The van der Waals surface area contributed by atoms with E-state index in [0.717, 1.165) is 5.56 Å². The van der Waals surface area contributed by atoms with Crippen molar-refractivity contribution in [3.05, 3.63) is 89.5 Å². The highest BCUT2D eigenvalue weighted by molar-refractivity contribution is 6.46. The Bertz CT molecular complexity index is 1160. The average Bonchev–Trinajstić information content (AvgIpc) is 3.05. The third-order valence-electron chi connectivity index (χ3n) is 5.09. The van der Waals surface area contributed by atoms with Crippen molar-refractivity contribution in [3.8, 4) is 11.5 Å². The molecule has 1 aliphatic rings. The molecule has 1 saturated heterocycles. The van der Waals surface area contributed by atoms with Gasteiger partial charge in [-0.15, -0.1) is 0 Å². The van der Waals surface area contributed by atoms with Crippen LogP contribution in [-0.2, 0) is 16.1 Å². The van der Waals surface area contributed by atoms with Crippen LogP contribution in [-0.4, -0.2) is 43.9 Å². The largest absolute Gasteiger partial charge is 0.507 e. The molecule has 1 amide bonds. The Kier molecular flexibility index (Phi) is 5.36. The molecule has 156 valence electrons. The quantitative estimate of drug-likeness (QED) is 0.373. The number of phenolic OH excluding ortho intramolecular Hbond substituents is 1. The molecule has 8 heteroatoms. The Morgan fingerprint density at radius 2 is 1.87 bits per heavy atom. The maximum atomic E-state index is 13.0. The van der Waals surface area contributed by atoms with Gasteiger partial charge in [-0.3, -0.25) is 19.6 Å². The lowest BCUT2D eigenvalue weighted by Crippen LogP contribution is -2.29. The van der Waals surface area contributed by atoms with Crippen LogP contribution in [0.25, 0.3) is 5.76 Å². The molecule has 3 heterocycles. The van der Waals surface area contributed by atoms with Gasteiger partial charge in [0.2, 0.25) is 0 Å². The number of hydrogen-bond acceptors (Lipinski definition) is 7. The SMILES string of the molecule is COc1cc(C2/C(=C(\O)c3ccncc3)C(=O)C(=O)N2Cc2cccnc2)ccc1O. The lowest BCUT2D eigenvalue weighted by atomic mass is 9.95. The predicted octanol–water partition coefficient (Wildman–Crippen LogP) is 2.81. The Morgan fingerprint density at radius 3 is 2.55 bits per heavy atom. The summed E-state index contributed by atoms with van der Waals surface area (Å²) in [5.41, 5.74) is 1.55. The van der Waals surface area contributed by atoms with Gasteiger partial charge in [0, 0.05) is 36.9 Å². The molecule has 2 N–H and O–H groups in total. The Morgan fingerprint density at radius 1 is 1.10 bits per heavy atom. The summed E-state index contributed by atoms with van der Waals surface area (Å²) in [6.07, 6.45) is 6.19. The van der Waals surface area contributed by atoms with Crippen molar-refractivity contribution >= 4 is 17.4 Å². The van der Waals surface area contributed by atoms with E-state index in [1.54, 1.807) is 48.8 Å². The Labute approximate surface area is 178 Å². The zero-order chi connectivity index (χ0) is 22.0. The minimum absolute atomic E-state index is 0.0483. The molecule has 0 radical (unpaired) electrons. The van der Waals surface area contributed by atoms with Crippen LogP contribution in [0.1, 0.15) is 22.7 Å². The van der Waals surface area contributed by atoms with Crippen molar-refractivity contribution in [2.45, 2.75) is 12.6 Å². The number of amides is 1. The molecular formula is C23H19N3O5. The van der Waals surface area contributed by atoms with Crippen molar-refractivity contribution in [2.75, 3.05) is 7.11 Å². The van der Waals surface area contributed by atoms with Gasteiger partial charge in [-0.25, -0.2) is 0 Å². The molecule has 1 aromatic carbocycles. The maximum Gasteiger partial charge on any atom is 0.295 e. The number of phenols is 1. The molecule has 1 atom stereocenters. The number of benzene rings is 1. The number of hydrogen-bond donors (Lipinski definition) is 2. The van der Waals surface area contributed by atoms with Crippen LogP contribution < -0.4 is 4.74 Å². The van der Waals surface area contributed by atoms with Crippen LogP contribution in [0.4, 0.5) is 0 Å². The van der Waals surface area contributed by atoms with Gasteiger partial charge in [0.1, 0.15) is 5.76 Å². The lowest BCUT2D eigenvalue weighted by molar-refractivity contribution is -0.140. The number of aromatic hydroxyl groups is 1. The summed E-state index contributed by atoms with van der Waals surface area (Å²) in [6.45, 7) is 0.111. The fourth-order valence-corrected chi connectivity index (χ4v) is 3.61.